The maximum Gasteiger partial charge on any atom is 0.261 e. The van der Waals surface area contributed by atoms with Crippen LogP contribution in [0.5, 0.6) is 5.75 Å². The number of benzene rings is 1. The lowest BCUT2D eigenvalue weighted by Gasteiger charge is -2.15. The molecule has 0 aliphatic heterocycles. The summed E-state index contributed by atoms with van der Waals surface area (Å²) in [5.74, 6) is 1.90. The zero-order valence-electron chi connectivity index (χ0n) is 11.6. The van der Waals surface area contributed by atoms with Crippen LogP contribution >= 0.6 is 11.8 Å². The van der Waals surface area contributed by atoms with Crippen molar-refractivity contribution in [3.63, 3.8) is 0 Å². The van der Waals surface area contributed by atoms with Gasteiger partial charge in [0.1, 0.15) is 5.75 Å². The minimum Gasteiger partial charge on any atom is -0.507 e. The number of aromatic nitrogens is 2. The Morgan fingerprint density at radius 3 is 2.74 bits per heavy atom. The van der Waals surface area contributed by atoms with Gasteiger partial charge in [-0.15, -0.1) is 11.8 Å². The molecular weight excluding hydrogens is 260 g/mol. The first kappa shape index (κ1) is 13.9. The Morgan fingerprint density at radius 2 is 2.05 bits per heavy atom. The molecule has 0 saturated heterocycles. The van der Waals surface area contributed by atoms with Crippen molar-refractivity contribution in [2.75, 3.05) is 0 Å². The number of hydrogen-bond donors (Lipinski definition) is 1. The van der Waals surface area contributed by atoms with Gasteiger partial charge >= 0.3 is 0 Å². The van der Waals surface area contributed by atoms with Gasteiger partial charge in [-0.25, -0.2) is 0 Å². The summed E-state index contributed by atoms with van der Waals surface area (Å²) >= 11 is 1.76. The molecular formula is C14H18N2O2S. The van der Waals surface area contributed by atoms with E-state index in [0.29, 0.717) is 23.0 Å². The van der Waals surface area contributed by atoms with E-state index < -0.39 is 0 Å². The Balaban J connectivity index is 2.19. The number of hydrogen-bond acceptors (Lipinski definition) is 5. The first-order chi connectivity index (χ1) is 8.87. The van der Waals surface area contributed by atoms with E-state index >= 15 is 0 Å². The van der Waals surface area contributed by atoms with Crippen LogP contribution in [0.4, 0.5) is 0 Å². The third-order valence-electron chi connectivity index (χ3n) is 2.57. The van der Waals surface area contributed by atoms with Gasteiger partial charge in [-0.1, -0.05) is 38.1 Å². The van der Waals surface area contributed by atoms with Crippen molar-refractivity contribution < 1.29 is 9.63 Å². The monoisotopic (exact) mass is 278 g/mol. The molecule has 2 aromatic rings. The predicted octanol–water partition coefficient (Wildman–Crippen LogP) is 3.78. The summed E-state index contributed by atoms with van der Waals surface area (Å²) in [6.45, 7) is 8.27. The lowest BCUT2D eigenvalue weighted by atomic mass is 10.1. The quantitative estimate of drug-likeness (QED) is 0.925. The second kappa shape index (κ2) is 5.25. The molecule has 0 radical (unpaired) electrons. The molecule has 0 atom stereocenters. The fraction of sp³-hybridized carbons (Fsp3) is 0.429. The summed E-state index contributed by atoms with van der Waals surface area (Å²) < 4.78 is 5.38. The fourth-order valence-electron chi connectivity index (χ4n) is 1.53. The van der Waals surface area contributed by atoms with Crippen molar-refractivity contribution in [2.45, 2.75) is 38.2 Å². The highest BCUT2D eigenvalue weighted by Crippen LogP contribution is 2.31. The van der Waals surface area contributed by atoms with Gasteiger partial charge in [-0.05, 0) is 18.6 Å². The molecule has 0 saturated carbocycles. The molecule has 4 nitrogen and oxygen atoms in total. The predicted molar refractivity (Wildman–Crippen MR) is 77.2 cm³/mol. The molecule has 1 N–H and O–H groups in total. The number of phenolic OH excluding ortho intramolecular Hbond substituents is 1. The smallest absolute Gasteiger partial charge is 0.261 e. The number of para-hydroxylation sites is 1. The molecule has 102 valence electrons. The molecule has 5 heteroatoms. The highest BCUT2D eigenvalue weighted by molar-refractivity contribution is 7.99. The van der Waals surface area contributed by atoms with Crippen molar-refractivity contribution in [2.24, 2.45) is 0 Å². The number of aromatic hydroxyl groups is 1. The Labute approximate surface area is 117 Å². The van der Waals surface area contributed by atoms with E-state index in [-0.39, 0.29) is 10.5 Å². The molecule has 0 aliphatic rings. The number of phenols is 1. The topological polar surface area (TPSA) is 59.2 Å². The van der Waals surface area contributed by atoms with E-state index in [1.165, 1.54) is 0 Å². The van der Waals surface area contributed by atoms with Gasteiger partial charge in [-0.3, -0.25) is 0 Å². The zero-order valence-corrected chi connectivity index (χ0v) is 12.4. The van der Waals surface area contributed by atoms with E-state index in [2.05, 4.69) is 30.9 Å². The van der Waals surface area contributed by atoms with Crippen molar-refractivity contribution in [3.8, 4) is 17.2 Å². The van der Waals surface area contributed by atoms with Gasteiger partial charge in [0.05, 0.1) is 11.3 Å². The number of thioether (sulfide) groups is 1. The Hall–Kier alpha value is -1.49. The largest absolute Gasteiger partial charge is 0.507 e. The Kier molecular flexibility index (Phi) is 3.85. The Morgan fingerprint density at radius 1 is 1.32 bits per heavy atom. The third-order valence-corrected chi connectivity index (χ3v) is 3.84. The van der Waals surface area contributed by atoms with Crippen LogP contribution in [0.2, 0.25) is 0 Å². The summed E-state index contributed by atoms with van der Waals surface area (Å²) in [7, 11) is 0. The van der Waals surface area contributed by atoms with E-state index in [4.69, 9.17) is 4.52 Å². The molecule has 0 bridgehead atoms. The van der Waals surface area contributed by atoms with Gasteiger partial charge in [0.15, 0.2) is 5.82 Å². The summed E-state index contributed by atoms with van der Waals surface area (Å²) in [4.78, 5) is 4.33. The van der Waals surface area contributed by atoms with Crippen LogP contribution in [0.3, 0.4) is 0 Å². The fourth-order valence-corrected chi connectivity index (χ4v) is 2.21. The number of aryl methyl sites for hydroxylation is 1. The minimum absolute atomic E-state index is 0.159. The lowest BCUT2D eigenvalue weighted by molar-refractivity contribution is 0.419. The SMILES string of the molecule is Cc1cccc(-c2nc(CSC(C)(C)C)no2)c1O. The van der Waals surface area contributed by atoms with Crippen LogP contribution in [0.1, 0.15) is 32.2 Å². The normalized spacial score (nSPS) is 11.8. The number of nitrogens with zero attached hydrogens (tertiary/aromatic N) is 2. The molecule has 1 aromatic carbocycles. The highest BCUT2D eigenvalue weighted by atomic mass is 32.2. The van der Waals surface area contributed by atoms with Crippen molar-refractivity contribution in [1.29, 1.82) is 0 Å². The maximum absolute atomic E-state index is 9.99. The van der Waals surface area contributed by atoms with Crippen molar-refractivity contribution >= 4 is 11.8 Å². The molecule has 1 heterocycles. The second-order valence-corrected chi connectivity index (χ2v) is 7.19. The van der Waals surface area contributed by atoms with Crippen LogP contribution in [0, 0.1) is 6.92 Å². The minimum atomic E-state index is 0.159. The van der Waals surface area contributed by atoms with Crippen LogP contribution in [0.15, 0.2) is 22.7 Å². The molecule has 0 fully saturated rings. The van der Waals surface area contributed by atoms with Crippen molar-refractivity contribution in [1.82, 2.24) is 10.1 Å². The van der Waals surface area contributed by atoms with Crippen LogP contribution < -0.4 is 0 Å². The summed E-state index contributed by atoms with van der Waals surface area (Å²) in [5.41, 5.74) is 1.38. The summed E-state index contributed by atoms with van der Waals surface area (Å²) in [6, 6.07) is 5.47. The molecule has 0 unspecified atom stereocenters. The molecule has 19 heavy (non-hydrogen) atoms. The van der Waals surface area contributed by atoms with Gasteiger partial charge in [0.2, 0.25) is 0 Å². The van der Waals surface area contributed by atoms with Crippen LogP contribution in [0.25, 0.3) is 11.5 Å². The van der Waals surface area contributed by atoms with Gasteiger partial charge in [0, 0.05) is 4.75 Å². The van der Waals surface area contributed by atoms with Crippen LogP contribution in [-0.2, 0) is 5.75 Å². The highest BCUT2D eigenvalue weighted by Gasteiger charge is 2.16. The molecule has 0 aliphatic carbocycles. The zero-order chi connectivity index (χ0) is 14.0. The third kappa shape index (κ3) is 3.50. The average molecular weight is 278 g/mol. The first-order valence-corrected chi connectivity index (χ1v) is 7.11. The van der Waals surface area contributed by atoms with Crippen LogP contribution in [-0.4, -0.2) is 20.0 Å². The average Bonchev–Trinajstić information content (AvgIpc) is 2.78. The summed E-state index contributed by atoms with van der Waals surface area (Å²) in [5, 5.41) is 13.9. The molecule has 1 aromatic heterocycles. The van der Waals surface area contributed by atoms with Gasteiger partial charge in [-0.2, -0.15) is 4.98 Å². The van der Waals surface area contributed by atoms with E-state index in [9.17, 15) is 5.11 Å². The van der Waals surface area contributed by atoms with Gasteiger partial charge in [0.25, 0.3) is 5.89 Å². The van der Waals surface area contributed by atoms with E-state index in [1.54, 1.807) is 17.8 Å². The lowest BCUT2D eigenvalue weighted by Crippen LogP contribution is -2.07. The standard InChI is InChI=1S/C14H18N2O2S/c1-9-6-5-7-10(12(9)17)13-15-11(16-18-13)8-19-14(2,3)4/h5-7,17H,8H2,1-4H3. The van der Waals surface area contributed by atoms with E-state index in [1.807, 2.05) is 19.1 Å². The van der Waals surface area contributed by atoms with Gasteiger partial charge < -0.3 is 9.63 Å². The molecule has 0 spiro atoms. The van der Waals surface area contributed by atoms with E-state index in [0.717, 1.165) is 5.56 Å². The van der Waals surface area contributed by atoms with Crippen molar-refractivity contribution in [3.05, 3.63) is 29.6 Å². The second-order valence-electron chi connectivity index (χ2n) is 5.39. The molecule has 2 rings (SSSR count). The number of rotatable bonds is 3. The maximum atomic E-state index is 9.99. The first-order valence-electron chi connectivity index (χ1n) is 6.12. The summed E-state index contributed by atoms with van der Waals surface area (Å²) in [6.07, 6.45) is 0. The Bertz CT molecular complexity index is 573. The molecule has 0 amide bonds.